The molecular formula is C12H18N2O. The minimum Gasteiger partial charge on any atom is -0.298 e. The van der Waals surface area contributed by atoms with Crippen molar-refractivity contribution in [2.45, 2.75) is 27.7 Å². The number of allylic oxidation sites excluding steroid dienone is 1. The van der Waals surface area contributed by atoms with E-state index in [4.69, 9.17) is 0 Å². The molecule has 0 aromatic carbocycles. The van der Waals surface area contributed by atoms with Gasteiger partial charge in [0.15, 0.2) is 0 Å². The average molecular weight is 206 g/mol. The maximum Gasteiger partial charge on any atom is 0.146 e. The van der Waals surface area contributed by atoms with E-state index in [1.807, 2.05) is 45.5 Å². The second-order valence-corrected chi connectivity index (χ2v) is 4.12. The number of hydrogen-bond donors (Lipinski definition) is 0. The van der Waals surface area contributed by atoms with Crippen molar-refractivity contribution in [2.24, 2.45) is 13.0 Å². The van der Waals surface area contributed by atoms with Gasteiger partial charge in [-0.25, -0.2) is 0 Å². The van der Waals surface area contributed by atoms with Crippen LogP contribution in [0.2, 0.25) is 0 Å². The maximum absolute atomic E-state index is 10.9. The fraction of sp³-hybridized carbons (Fsp3) is 0.500. The number of aryl methyl sites for hydroxylation is 2. The quantitative estimate of drug-likeness (QED) is 0.561. The third-order valence-electron chi connectivity index (χ3n) is 2.68. The van der Waals surface area contributed by atoms with E-state index in [2.05, 4.69) is 5.10 Å². The van der Waals surface area contributed by atoms with E-state index in [1.54, 1.807) is 0 Å². The summed E-state index contributed by atoms with van der Waals surface area (Å²) < 4.78 is 1.84. The molecule has 3 heteroatoms. The highest BCUT2D eigenvalue weighted by atomic mass is 16.1. The van der Waals surface area contributed by atoms with Crippen LogP contribution in [-0.4, -0.2) is 16.1 Å². The molecule has 0 unspecified atom stereocenters. The number of hydrogen-bond acceptors (Lipinski definition) is 2. The second kappa shape index (κ2) is 4.43. The summed E-state index contributed by atoms with van der Waals surface area (Å²) in [6.07, 6.45) is 2.87. The van der Waals surface area contributed by atoms with Crippen LogP contribution < -0.4 is 0 Å². The Bertz CT molecular complexity index is 400. The van der Waals surface area contributed by atoms with Crippen molar-refractivity contribution >= 4 is 12.4 Å². The van der Waals surface area contributed by atoms with Crippen LogP contribution in [0.3, 0.4) is 0 Å². The minimum absolute atomic E-state index is 0.251. The van der Waals surface area contributed by atoms with Gasteiger partial charge in [-0.3, -0.25) is 9.48 Å². The van der Waals surface area contributed by atoms with Crippen LogP contribution >= 0.6 is 0 Å². The first-order chi connectivity index (χ1) is 6.97. The molecule has 1 rings (SSSR count). The summed E-state index contributed by atoms with van der Waals surface area (Å²) in [6, 6.07) is 0. The Kier molecular flexibility index (Phi) is 3.45. The number of aromatic nitrogens is 2. The van der Waals surface area contributed by atoms with Crippen LogP contribution in [0.5, 0.6) is 0 Å². The molecule has 0 radical (unpaired) electrons. The summed E-state index contributed by atoms with van der Waals surface area (Å²) in [5.74, 6) is 0.251. The third kappa shape index (κ3) is 2.35. The number of aldehydes is 1. The normalized spacial score (nSPS) is 12.3. The SMILES string of the molecule is Cc1nn(C)c(C)c1C=C(C=O)C(C)C. The van der Waals surface area contributed by atoms with Crippen LogP contribution in [0.4, 0.5) is 0 Å². The lowest BCUT2D eigenvalue weighted by atomic mass is 10.0. The summed E-state index contributed by atoms with van der Waals surface area (Å²) in [5, 5.41) is 4.31. The molecule has 1 heterocycles. The van der Waals surface area contributed by atoms with Crippen molar-refractivity contribution in [2.75, 3.05) is 0 Å². The average Bonchev–Trinajstić information content (AvgIpc) is 2.39. The van der Waals surface area contributed by atoms with Crippen LogP contribution in [0.25, 0.3) is 6.08 Å². The molecule has 0 spiro atoms. The van der Waals surface area contributed by atoms with Gasteiger partial charge < -0.3 is 0 Å². The zero-order chi connectivity index (χ0) is 11.6. The van der Waals surface area contributed by atoms with Crippen LogP contribution in [-0.2, 0) is 11.8 Å². The van der Waals surface area contributed by atoms with Crippen LogP contribution in [0, 0.1) is 19.8 Å². The molecule has 0 aliphatic heterocycles. The summed E-state index contributed by atoms with van der Waals surface area (Å²) in [5.41, 5.74) is 3.94. The Hall–Kier alpha value is -1.38. The molecule has 1 aromatic heterocycles. The molecule has 0 atom stereocenters. The van der Waals surface area contributed by atoms with Crippen molar-refractivity contribution in [1.29, 1.82) is 0 Å². The molecule has 15 heavy (non-hydrogen) atoms. The summed E-state index contributed by atoms with van der Waals surface area (Å²) in [7, 11) is 1.91. The molecule has 0 aliphatic carbocycles. The van der Waals surface area contributed by atoms with Crippen molar-refractivity contribution in [3.63, 3.8) is 0 Å². The molecule has 1 aromatic rings. The first-order valence-electron chi connectivity index (χ1n) is 5.14. The number of nitrogens with zero attached hydrogens (tertiary/aromatic N) is 2. The Morgan fingerprint density at radius 1 is 1.40 bits per heavy atom. The lowest BCUT2D eigenvalue weighted by Crippen LogP contribution is -1.96. The lowest BCUT2D eigenvalue weighted by molar-refractivity contribution is -0.105. The maximum atomic E-state index is 10.9. The topological polar surface area (TPSA) is 34.9 Å². The van der Waals surface area contributed by atoms with Gasteiger partial charge in [0.25, 0.3) is 0 Å². The second-order valence-electron chi connectivity index (χ2n) is 4.12. The van der Waals surface area contributed by atoms with Crippen molar-refractivity contribution in [3.8, 4) is 0 Å². The Morgan fingerprint density at radius 2 is 2.00 bits per heavy atom. The van der Waals surface area contributed by atoms with Gasteiger partial charge in [-0.1, -0.05) is 13.8 Å². The highest BCUT2D eigenvalue weighted by molar-refractivity contribution is 5.82. The Labute approximate surface area is 90.8 Å². The summed E-state index contributed by atoms with van der Waals surface area (Å²) in [4.78, 5) is 10.9. The van der Waals surface area contributed by atoms with Crippen molar-refractivity contribution in [1.82, 2.24) is 9.78 Å². The molecule has 82 valence electrons. The molecular weight excluding hydrogens is 188 g/mol. The van der Waals surface area contributed by atoms with Crippen molar-refractivity contribution in [3.05, 3.63) is 22.5 Å². The van der Waals surface area contributed by atoms with Crippen molar-refractivity contribution < 1.29 is 4.79 Å². The highest BCUT2D eigenvalue weighted by Crippen LogP contribution is 2.18. The van der Waals surface area contributed by atoms with Gasteiger partial charge in [-0.05, 0) is 31.4 Å². The number of carbonyl (C=O) groups is 1. The van der Waals surface area contributed by atoms with Gasteiger partial charge in [0.2, 0.25) is 0 Å². The summed E-state index contributed by atoms with van der Waals surface area (Å²) in [6.45, 7) is 8.00. The fourth-order valence-corrected chi connectivity index (χ4v) is 1.50. The summed E-state index contributed by atoms with van der Waals surface area (Å²) >= 11 is 0. The van der Waals surface area contributed by atoms with Crippen LogP contribution in [0.15, 0.2) is 5.57 Å². The molecule has 0 amide bonds. The molecule has 0 bridgehead atoms. The van der Waals surface area contributed by atoms with Gasteiger partial charge >= 0.3 is 0 Å². The van der Waals surface area contributed by atoms with Gasteiger partial charge in [-0.15, -0.1) is 0 Å². The van der Waals surface area contributed by atoms with E-state index in [9.17, 15) is 4.79 Å². The van der Waals surface area contributed by atoms with Gasteiger partial charge in [0, 0.05) is 18.3 Å². The Balaban J connectivity index is 3.22. The molecule has 0 N–H and O–H groups in total. The molecule has 0 fully saturated rings. The number of carbonyl (C=O) groups excluding carboxylic acids is 1. The van der Waals surface area contributed by atoms with E-state index in [1.165, 1.54) is 0 Å². The molecule has 0 saturated heterocycles. The van der Waals surface area contributed by atoms with E-state index in [0.717, 1.165) is 28.8 Å². The lowest BCUT2D eigenvalue weighted by Gasteiger charge is -2.03. The van der Waals surface area contributed by atoms with E-state index in [0.29, 0.717) is 0 Å². The van der Waals surface area contributed by atoms with Gasteiger partial charge in [0.1, 0.15) is 6.29 Å². The van der Waals surface area contributed by atoms with Crippen LogP contribution in [0.1, 0.15) is 30.8 Å². The number of rotatable bonds is 3. The Morgan fingerprint density at radius 3 is 2.33 bits per heavy atom. The van der Waals surface area contributed by atoms with E-state index in [-0.39, 0.29) is 5.92 Å². The van der Waals surface area contributed by atoms with Gasteiger partial charge in [-0.2, -0.15) is 5.10 Å². The zero-order valence-corrected chi connectivity index (χ0v) is 10.0. The predicted octanol–water partition coefficient (Wildman–Crippen LogP) is 2.28. The fourth-order valence-electron chi connectivity index (χ4n) is 1.50. The van der Waals surface area contributed by atoms with Gasteiger partial charge in [0.05, 0.1) is 5.69 Å². The third-order valence-corrected chi connectivity index (χ3v) is 2.68. The molecule has 3 nitrogen and oxygen atoms in total. The smallest absolute Gasteiger partial charge is 0.146 e. The monoisotopic (exact) mass is 206 g/mol. The first kappa shape index (κ1) is 11.7. The molecule has 0 saturated carbocycles. The predicted molar refractivity (Wildman–Crippen MR) is 61.6 cm³/mol. The van der Waals surface area contributed by atoms with E-state index < -0.39 is 0 Å². The van der Waals surface area contributed by atoms with E-state index >= 15 is 0 Å². The standard InChI is InChI=1S/C12H18N2O/c1-8(2)11(7-15)6-12-9(3)13-14(5)10(12)4/h6-8H,1-5H3. The largest absolute Gasteiger partial charge is 0.298 e. The minimum atomic E-state index is 0.251. The molecule has 0 aliphatic rings. The first-order valence-corrected chi connectivity index (χ1v) is 5.14. The highest BCUT2D eigenvalue weighted by Gasteiger charge is 2.09. The zero-order valence-electron chi connectivity index (χ0n) is 10.0.